The Kier molecular flexibility index (Phi) is 4.07. The van der Waals surface area contributed by atoms with Gasteiger partial charge in [-0.1, -0.05) is 51.1 Å². The Hall–Kier alpha value is -1.13. The maximum absolute atomic E-state index is 12.1. The maximum Gasteiger partial charge on any atom is 0.248 e. The second-order valence-electron chi connectivity index (χ2n) is 7.07. The summed E-state index contributed by atoms with van der Waals surface area (Å²) in [5, 5.41) is 3.18. The van der Waals surface area contributed by atoms with E-state index in [0.29, 0.717) is 0 Å². The number of hydrogen-bond acceptors (Lipinski definition) is 2. The first-order valence-corrected chi connectivity index (χ1v) is 10.1. The fourth-order valence-electron chi connectivity index (χ4n) is 2.18. The first-order valence-electron chi connectivity index (χ1n) is 7.24. The summed E-state index contributed by atoms with van der Waals surface area (Å²) >= 11 is 0. The number of hydrogen-bond donors (Lipinski definition) is 1. The van der Waals surface area contributed by atoms with E-state index >= 15 is 0 Å². The summed E-state index contributed by atoms with van der Waals surface area (Å²) in [6.45, 7) is 11.0. The summed E-state index contributed by atoms with van der Waals surface area (Å²) in [6.07, 6.45) is 0.427. The number of benzene rings is 1. The Morgan fingerprint density at radius 2 is 1.80 bits per heavy atom. The van der Waals surface area contributed by atoms with E-state index in [1.165, 1.54) is 0 Å². The van der Waals surface area contributed by atoms with Gasteiger partial charge in [0, 0.05) is 6.42 Å². The molecular weight excluding hydrogens is 266 g/mol. The van der Waals surface area contributed by atoms with E-state index in [9.17, 15) is 4.79 Å². The van der Waals surface area contributed by atoms with Crippen LogP contribution in [-0.4, -0.2) is 20.3 Å². The van der Waals surface area contributed by atoms with Gasteiger partial charge >= 0.3 is 0 Å². The zero-order valence-electron chi connectivity index (χ0n) is 13.1. The van der Waals surface area contributed by atoms with Crippen molar-refractivity contribution in [3.05, 3.63) is 35.9 Å². The zero-order chi connectivity index (χ0) is 15.0. The molecule has 1 aromatic carbocycles. The van der Waals surface area contributed by atoms with Crippen molar-refractivity contribution < 1.29 is 9.22 Å². The van der Waals surface area contributed by atoms with Crippen LogP contribution in [0, 0.1) is 0 Å². The molecule has 20 heavy (non-hydrogen) atoms. The Labute approximate surface area is 122 Å². The predicted molar refractivity (Wildman–Crippen MR) is 84.0 cm³/mol. The number of amides is 1. The SMILES string of the molecule is CC(C)(C)[Si](C)(C)O[C@H]1C[C@@H](c2ccccc2)NC1=O. The second kappa shape index (κ2) is 5.33. The molecule has 3 nitrogen and oxygen atoms in total. The van der Waals surface area contributed by atoms with E-state index in [0.717, 1.165) is 12.0 Å². The van der Waals surface area contributed by atoms with Crippen LogP contribution in [0.25, 0.3) is 0 Å². The standard InChI is InChI=1S/C16H25NO2Si/c1-16(2,3)20(4,5)19-14-11-13(17-15(14)18)12-9-7-6-8-10-12/h6-10,13-14H,11H2,1-5H3,(H,17,18)/t13-,14-/m0/s1. The molecular formula is C16H25NO2Si. The highest BCUT2D eigenvalue weighted by molar-refractivity contribution is 6.74. The van der Waals surface area contributed by atoms with Crippen LogP contribution in [0.1, 0.15) is 38.8 Å². The topological polar surface area (TPSA) is 38.3 Å². The molecule has 1 aliphatic rings. The van der Waals surface area contributed by atoms with Gasteiger partial charge in [0.15, 0.2) is 8.32 Å². The van der Waals surface area contributed by atoms with Crippen LogP contribution in [0.5, 0.6) is 0 Å². The van der Waals surface area contributed by atoms with E-state index in [2.05, 4.69) is 51.3 Å². The van der Waals surface area contributed by atoms with Gasteiger partial charge in [0.2, 0.25) is 5.91 Å². The Balaban J connectivity index is 2.07. The molecule has 0 aromatic heterocycles. The molecule has 4 heteroatoms. The molecule has 2 atom stereocenters. The van der Waals surface area contributed by atoms with Gasteiger partial charge in [-0.2, -0.15) is 0 Å². The van der Waals surface area contributed by atoms with Crippen LogP contribution in [-0.2, 0) is 9.22 Å². The van der Waals surface area contributed by atoms with E-state index < -0.39 is 8.32 Å². The molecule has 0 unspecified atom stereocenters. The quantitative estimate of drug-likeness (QED) is 0.864. The van der Waals surface area contributed by atoms with Gasteiger partial charge < -0.3 is 9.74 Å². The molecule has 110 valence electrons. The maximum atomic E-state index is 12.1. The summed E-state index contributed by atoms with van der Waals surface area (Å²) in [5.74, 6) is 0.0312. The summed E-state index contributed by atoms with van der Waals surface area (Å²) in [7, 11) is -1.90. The molecule has 0 radical (unpaired) electrons. The molecule has 1 heterocycles. The van der Waals surface area contributed by atoms with Crippen molar-refractivity contribution in [2.24, 2.45) is 0 Å². The first kappa shape index (κ1) is 15.3. The lowest BCUT2D eigenvalue weighted by atomic mass is 10.1. The van der Waals surface area contributed by atoms with Gasteiger partial charge in [0.25, 0.3) is 0 Å². The van der Waals surface area contributed by atoms with Crippen LogP contribution in [0.4, 0.5) is 0 Å². The minimum absolute atomic E-state index is 0.0312. The molecule has 1 aliphatic heterocycles. The smallest absolute Gasteiger partial charge is 0.248 e. The van der Waals surface area contributed by atoms with Crippen molar-refractivity contribution in [1.29, 1.82) is 0 Å². The van der Waals surface area contributed by atoms with Crippen molar-refractivity contribution in [3.63, 3.8) is 0 Å². The minimum Gasteiger partial charge on any atom is -0.405 e. The molecule has 1 aromatic rings. The van der Waals surface area contributed by atoms with E-state index in [1.54, 1.807) is 0 Å². The molecule has 0 spiro atoms. The Bertz CT molecular complexity index is 479. The lowest BCUT2D eigenvalue weighted by molar-refractivity contribution is -0.125. The summed E-state index contributed by atoms with van der Waals surface area (Å²) < 4.78 is 6.25. The van der Waals surface area contributed by atoms with Crippen molar-refractivity contribution in [2.45, 2.75) is 57.5 Å². The van der Waals surface area contributed by atoms with Gasteiger partial charge in [-0.3, -0.25) is 4.79 Å². The van der Waals surface area contributed by atoms with Crippen LogP contribution >= 0.6 is 0 Å². The predicted octanol–water partition coefficient (Wildman–Crippen LogP) is 3.64. The molecule has 1 N–H and O–H groups in total. The lowest BCUT2D eigenvalue weighted by Gasteiger charge is -2.37. The van der Waals surface area contributed by atoms with Crippen molar-refractivity contribution in [1.82, 2.24) is 5.32 Å². The highest BCUT2D eigenvalue weighted by atomic mass is 28.4. The van der Waals surface area contributed by atoms with Crippen LogP contribution < -0.4 is 5.32 Å². The largest absolute Gasteiger partial charge is 0.405 e. The van der Waals surface area contributed by atoms with Gasteiger partial charge in [-0.25, -0.2) is 0 Å². The molecule has 2 rings (SSSR count). The number of carbonyl (C=O) groups is 1. The monoisotopic (exact) mass is 291 g/mol. The van der Waals surface area contributed by atoms with Crippen LogP contribution in [0.3, 0.4) is 0 Å². The Morgan fingerprint density at radius 3 is 2.35 bits per heavy atom. The third-order valence-electron chi connectivity index (χ3n) is 4.50. The lowest BCUT2D eigenvalue weighted by Crippen LogP contribution is -2.45. The number of rotatable bonds is 3. The van der Waals surface area contributed by atoms with Crippen molar-refractivity contribution >= 4 is 14.2 Å². The molecule has 1 fully saturated rings. The van der Waals surface area contributed by atoms with Crippen LogP contribution in [0.15, 0.2) is 30.3 Å². The summed E-state index contributed by atoms with van der Waals surface area (Å²) in [4.78, 5) is 12.1. The highest BCUT2D eigenvalue weighted by Gasteiger charge is 2.43. The summed E-state index contributed by atoms with van der Waals surface area (Å²) in [6, 6.07) is 10.2. The molecule has 0 bridgehead atoms. The normalized spacial score (nSPS) is 23.8. The van der Waals surface area contributed by atoms with E-state index in [4.69, 9.17) is 4.43 Å². The molecule has 0 saturated carbocycles. The van der Waals surface area contributed by atoms with Gasteiger partial charge in [-0.15, -0.1) is 0 Å². The highest BCUT2D eigenvalue weighted by Crippen LogP contribution is 2.39. The average molecular weight is 291 g/mol. The fraction of sp³-hybridized carbons (Fsp3) is 0.562. The zero-order valence-corrected chi connectivity index (χ0v) is 14.1. The van der Waals surface area contributed by atoms with Gasteiger partial charge in [0.1, 0.15) is 6.10 Å². The second-order valence-corrected chi connectivity index (χ2v) is 11.8. The van der Waals surface area contributed by atoms with Crippen molar-refractivity contribution in [3.8, 4) is 0 Å². The molecule has 1 amide bonds. The third-order valence-corrected chi connectivity index (χ3v) is 8.99. The number of carbonyl (C=O) groups excluding carboxylic acids is 1. The van der Waals surface area contributed by atoms with Gasteiger partial charge in [-0.05, 0) is 23.7 Å². The van der Waals surface area contributed by atoms with E-state index in [1.807, 2.05) is 18.2 Å². The third kappa shape index (κ3) is 3.12. The summed E-state index contributed by atoms with van der Waals surface area (Å²) in [5.41, 5.74) is 1.15. The molecule has 1 saturated heterocycles. The number of nitrogens with one attached hydrogen (secondary N) is 1. The fourth-order valence-corrected chi connectivity index (χ4v) is 3.45. The first-order chi connectivity index (χ1) is 9.21. The van der Waals surface area contributed by atoms with Crippen molar-refractivity contribution in [2.75, 3.05) is 0 Å². The average Bonchev–Trinajstić information content (AvgIpc) is 2.70. The minimum atomic E-state index is -1.90. The van der Waals surface area contributed by atoms with Crippen LogP contribution in [0.2, 0.25) is 18.1 Å². The van der Waals surface area contributed by atoms with Gasteiger partial charge in [0.05, 0.1) is 6.04 Å². The molecule has 0 aliphatic carbocycles. The Morgan fingerprint density at radius 1 is 1.20 bits per heavy atom. The van der Waals surface area contributed by atoms with E-state index in [-0.39, 0.29) is 23.1 Å².